The van der Waals surface area contributed by atoms with E-state index in [1.807, 2.05) is 0 Å². The number of nitrogens with zero attached hydrogens (tertiary/aromatic N) is 3. The van der Waals surface area contributed by atoms with Crippen molar-refractivity contribution in [2.45, 2.75) is 12.2 Å². The second-order valence-corrected chi connectivity index (χ2v) is 6.79. The van der Waals surface area contributed by atoms with Crippen molar-refractivity contribution in [2.24, 2.45) is 0 Å². The van der Waals surface area contributed by atoms with Gasteiger partial charge in [0.25, 0.3) is 0 Å². The largest absolute Gasteiger partial charge is 0.447 e. The lowest BCUT2D eigenvalue weighted by atomic mass is 10.0. The molecule has 0 spiro atoms. The Morgan fingerprint density at radius 2 is 1.87 bits per heavy atom. The van der Waals surface area contributed by atoms with E-state index in [1.165, 1.54) is 24.5 Å². The number of ether oxygens (including phenoxy) is 2. The highest BCUT2D eigenvalue weighted by atomic mass is 35.5. The van der Waals surface area contributed by atoms with E-state index in [0.29, 0.717) is 10.8 Å². The highest BCUT2D eigenvalue weighted by Gasteiger charge is 2.38. The lowest BCUT2D eigenvalue weighted by Crippen LogP contribution is -2.28. The summed E-state index contributed by atoms with van der Waals surface area (Å²) >= 11 is 5.83. The molecule has 1 aliphatic heterocycles. The van der Waals surface area contributed by atoms with E-state index in [9.17, 15) is 18.0 Å². The van der Waals surface area contributed by atoms with Crippen molar-refractivity contribution in [3.8, 4) is 11.6 Å². The number of hydrogen-bond acceptors (Lipinski definition) is 5. The molecular weight excluding hydrogens is 423 g/mol. The zero-order valence-corrected chi connectivity index (χ0v) is 15.9. The van der Waals surface area contributed by atoms with Crippen LogP contribution in [-0.2, 0) is 10.9 Å². The molecule has 0 N–H and O–H groups in total. The standard InChI is InChI=1S/C20H13ClF3N3O3/c21-14-4-6-15(7-5-14)30-18-10-25-17(9-26-18)27-16(11-29-19(27)28)12-2-1-3-13(8-12)20(22,23)24/h1-10,16H,11H2. The van der Waals surface area contributed by atoms with Crippen molar-refractivity contribution < 1.29 is 27.4 Å². The molecule has 0 bridgehead atoms. The van der Waals surface area contributed by atoms with E-state index >= 15 is 0 Å². The van der Waals surface area contributed by atoms with E-state index in [1.54, 1.807) is 24.3 Å². The summed E-state index contributed by atoms with van der Waals surface area (Å²) in [5.41, 5.74) is -0.531. The molecule has 10 heteroatoms. The van der Waals surface area contributed by atoms with E-state index in [2.05, 4.69) is 9.97 Å². The summed E-state index contributed by atoms with van der Waals surface area (Å²) in [6.45, 7) is -0.106. The fourth-order valence-electron chi connectivity index (χ4n) is 2.95. The summed E-state index contributed by atoms with van der Waals surface area (Å²) in [4.78, 5) is 21.7. The van der Waals surface area contributed by atoms with Gasteiger partial charge in [-0.1, -0.05) is 23.7 Å². The topological polar surface area (TPSA) is 64.5 Å². The first-order chi connectivity index (χ1) is 14.3. The zero-order valence-electron chi connectivity index (χ0n) is 15.1. The van der Waals surface area contributed by atoms with Crippen molar-refractivity contribution in [3.63, 3.8) is 0 Å². The Hall–Kier alpha value is -3.33. The lowest BCUT2D eigenvalue weighted by Gasteiger charge is -2.21. The molecule has 6 nitrogen and oxygen atoms in total. The molecule has 0 radical (unpaired) electrons. The Balaban J connectivity index is 1.57. The first-order valence-corrected chi connectivity index (χ1v) is 9.08. The molecule has 1 aliphatic rings. The Bertz CT molecular complexity index is 1060. The van der Waals surface area contributed by atoms with E-state index < -0.39 is 23.9 Å². The average Bonchev–Trinajstić information content (AvgIpc) is 3.11. The summed E-state index contributed by atoms with van der Waals surface area (Å²) in [6.07, 6.45) is -2.62. The van der Waals surface area contributed by atoms with E-state index in [4.69, 9.17) is 21.1 Å². The fraction of sp³-hybridized carbons (Fsp3) is 0.150. The molecular formula is C20H13ClF3N3O3. The third kappa shape index (κ3) is 4.16. The number of rotatable bonds is 4. The van der Waals surface area contributed by atoms with Crippen molar-refractivity contribution in [3.05, 3.63) is 77.1 Å². The molecule has 1 saturated heterocycles. The zero-order chi connectivity index (χ0) is 21.3. The van der Waals surface area contributed by atoms with Crippen LogP contribution < -0.4 is 9.64 Å². The van der Waals surface area contributed by atoms with Crippen LogP contribution in [0.25, 0.3) is 0 Å². The molecule has 0 aliphatic carbocycles. The van der Waals surface area contributed by atoms with E-state index in [-0.39, 0.29) is 23.9 Å². The molecule has 1 fully saturated rings. The molecule has 1 amide bonds. The molecule has 4 rings (SSSR count). The molecule has 1 unspecified atom stereocenters. The summed E-state index contributed by atoms with van der Waals surface area (Å²) in [7, 11) is 0. The Kier molecular flexibility index (Phi) is 5.21. The van der Waals surface area contributed by atoms with Gasteiger partial charge >= 0.3 is 12.3 Å². The molecule has 1 aromatic heterocycles. The smallest absolute Gasteiger partial charge is 0.416 e. The fourth-order valence-corrected chi connectivity index (χ4v) is 3.08. The first-order valence-electron chi connectivity index (χ1n) is 8.70. The number of halogens is 4. The van der Waals surface area contributed by atoms with Crippen LogP contribution in [0.2, 0.25) is 5.02 Å². The van der Waals surface area contributed by atoms with Gasteiger partial charge in [-0.15, -0.1) is 0 Å². The van der Waals surface area contributed by atoms with E-state index in [0.717, 1.165) is 17.0 Å². The van der Waals surface area contributed by atoms with Gasteiger partial charge in [0.05, 0.1) is 18.0 Å². The number of anilines is 1. The van der Waals surface area contributed by atoms with Crippen LogP contribution in [0.15, 0.2) is 60.9 Å². The van der Waals surface area contributed by atoms with Gasteiger partial charge in [0.2, 0.25) is 5.88 Å². The van der Waals surface area contributed by atoms with Crippen molar-refractivity contribution in [1.82, 2.24) is 9.97 Å². The van der Waals surface area contributed by atoms with Crippen molar-refractivity contribution in [2.75, 3.05) is 11.5 Å². The second kappa shape index (κ2) is 7.83. The lowest BCUT2D eigenvalue weighted by molar-refractivity contribution is -0.137. The maximum Gasteiger partial charge on any atom is 0.416 e. The van der Waals surface area contributed by atoms with Crippen LogP contribution in [0.5, 0.6) is 11.6 Å². The Morgan fingerprint density at radius 3 is 2.53 bits per heavy atom. The van der Waals surface area contributed by atoms with Crippen LogP contribution >= 0.6 is 11.6 Å². The third-order valence-electron chi connectivity index (χ3n) is 4.37. The number of cyclic esters (lactones) is 1. The first kappa shape index (κ1) is 20.0. The minimum absolute atomic E-state index is 0.106. The predicted octanol–water partition coefficient (Wildman–Crippen LogP) is 5.64. The molecule has 30 heavy (non-hydrogen) atoms. The number of carbonyl (C=O) groups excluding carboxylic acids is 1. The second-order valence-electron chi connectivity index (χ2n) is 6.35. The Labute approximate surface area is 173 Å². The highest BCUT2D eigenvalue weighted by Crippen LogP contribution is 2.36. The number of hydrogen-bond donors (Lipinski definition) is 0. The molecule has 0 saturated carbocycles. The number of benzene rings is 2. The van der Waals surface area contributed by atoms with Crippen LogP contribution in [-0.4, -0.2) is 22.7 Å². The normalized spacial score (nSPS) is 16.5. The third-order valence-corrected chi connectivity index (χ3v) is 4.62. The van der Waals surface area contributed by atoms with Gasteiger partial charge in [-0.05, 0) is 42.0 Å². The van der Waals surface area contributed by atoms with Crippen LogP contribution in [0, 0.1) is 0 Å². The minimum Gasteiger partial charge on any atom is -0.447 e. The SMILES string of the molecule is O=C1OCC(c2cccc(C(F)(F)F)c2)N1c1cnc(Oc2ccc(Cl)cc2)cn1. The van der Waals surface area contributed by atoms with Crippen LogP contribution in [0.1, 0.15) is 17.2 Å². The summed E-state index contributed by atoms with van der Waals surface area (Å²) in [5, 5.41) is 0.553. The van der Waals surface area contributed by atoms with Gasteiger partial charge in [0.15, 0.2) is 5.82 Å². The summed E-state index contributed by atoms with van der Waals surface area (Å²) in [6, 6.07) is 10.6. The Morgan fingerprint density at radius 1 is 1.10 bits per heavy atom. The minimum atomic E-state index is -4.50. The maximum atomic E-state index is 13.0. The number of carbonyl (C=O) groups is 1. The predicted molar refractivity (Wildman–Crippen MR) is 102 cm³/mol. The number of aromatic nitrogens is 2. The summed E-state index contributed by atoms with van der Waals surface area (Å²) in [5.74, 6) is 0.788. The molecule has 2 heterocycles. The van der Waals surface area contributed by atoms with Crippen molar-refractivity contribution >= 4 is 23.5 Å². The summed E-state index contributed by atoms with van der Waals surface area (Å²) < 4.78 is 49.7. The number of alkyl halides is 3. The van der Waals surface area contributed by atoms with Gasteiger partial charge in [-0.3, -0.25) is 0 Å². The molecule has 2 aromatic carbocycles. The quantitative estimate of drug-likeness (QED) is 0.530. The van der Waals surface area contributed by atoms with Gasteiger partial charge in [0, 0.05) is 5.02 Å². The van der Waals surface area contributed by atoms with Crippen LogP contribution in [0.4, 0.5) is 23.8 Å². The van der Waals surface area contributed by atoms with Gasteiger partial charge in [0.1, 0.15) is 18.4 Å². The maximum absolute atomic E-state index is 13.0. The number of amides is 1. The van der Waals surface area contributed by atoms with Gasteiger partial charge in [-0.25, -0.2) is 19.7 Å². The molecule has 3 aromatic rings. The van der Waals surface area contributed by atoms with Gasteiger partial charge in [-0.2, -0.15) is 13.2 Å². The molecule has 154 valence electrons. The average molecular weight is 436 g/mol. The molecule has 1 atom stereocenters. The van der Waals surface area contributed by atoms with Gasteiger partial charge < -0.3 is 9.47 Å². The van der Waals surface area contributed by atoms with Crippen LogP contribution in [0.3, 0.4) is 0 Å². The van der Waals surface area contributed by atoms with Crippen molar-refractivity contribution in [1.29, 1.82) is 0 Å². The highest BCUT2D eigenvalue weighted by molar-refractivity contribution is 6.30. The monoisotopic (exact) mass is 435 g/mol.